The number of aryl methyl sites for hydroxylation is 1. The molecule has 2 aromatic rings. The minimum atomic E-state index is 0.181. The van der Waals surface area contributed by atoms with Crippen molar-refractivity contribution in [1.82, 2.24) is 0 Å². The number of phenols is 1. The summed E-state index contributed by atoms with van der Waals surface area (Å²) in [7, 11) is 0. The molecule has 2 rings (SSSR count). The molecular weight excluding hydrogens is 200 g/mol. The zero-order valence-electron chi connectivity index (χ0n) is 9.13. The van der Waals surface area contributed by atoms with E-state index in [1.54, 1.807) is 12.1 Å². The van der Waals surface area contributed by atoms with Gasteiger partial charge in [0, 0.05) is 5.56 Å². The number of benzene rings is 2. The van der Waals surface area contributed by atoms with Crippen LogP contribution in [0.5, 0.6) is 5.75 Å². The molecule has 0 bridgehead atoms. The lowest BCUT2D eigenvalue weighted by molar-refractivity contribution is 0.112. The number of phenolic OH excluding ortho intramolecular Hbond substituents is 1. The molecule has 0 aliphatic heterocycles. The topological polar surface area (TPSA) is 37.3 Å². The molecule has 82 valence electrons. The predicted molar refractivity (Wildman–Crippen MR) is 64.7 cm³/mol. The van der Waals surface area contributed by atoms with Crippen LogP contribution in [0.4, 0.5) is 0 Å². The molecule has 1 N–H and O–H groups in total. The smallest absolute Gasteiger partial charge is 0.150 e. The molecule has 0 amide bonds. The van der Waals surface area contributed by atoms with Crippen LogP contribution in [-0.4, -0.2) is 11.4 Å². The lowest BCUT2D eigenvalue weighted by Crippen LogP contribution is -1.74. The predicted octanol–water partition coefficient (Wildman–Crippen LogP) is 3.20. The van der Waals surface area contributed by atoms with Crippen LogP contribution in [0.25, 0.3) is 0 Å². The van der Waals surface area contributed by atoms with E-state index in [2.05, 4.69) is 19.1 Å². The number of aromatic hydroxyl groups is 1. The van der Waals surface area contributed by atoms with E-state index in [0.717, 1.165) is 6.29 Å². The first kappa shape index (κ1) is 12.0. The molecule has 0 unspecified atom stereocenters. The third-order valence-corrected chi connectivity index (χ3v) is 1.97. The Morgan fingerprint density at radius 1 is 0.938 bits per heavy atom. The van der Waals surface area contributed by atoms with Gasteiger partial charge in [-0.25, -0.2) is 0 Å². The summed E-state index contributed by atoms with van der Waals surface area (Å²) in [5.74, 6) is 0.181. The average molecular weight is 214 g/mol. The molecule has 2 nitrogen and oxygen atoms in total. The molecule has 2 heteroatoms. The third-order valence-electron chi connectivity index (χ3n) is 1.97. The highest BCUT2D eigenvalue weighted by atomic mass is 16.3. The van der Waals surface area contributed by atoms with Crippen LogP contribution < -0.4 is 0 Å². The average Bonchev–Trinajstić information content (AvgIpc) is 2.32. The van der Waals surface area contributed by atoms with E-state index in [1.807, 2.05) is 18.2 Å². The number of aldehydes is 1. The van der Waals surface area contributed by atoms with Gasteiger partial charge < -0.3 is 5.11 Å². The van der Waals surface area contributed by atoms with Gasteiger partial charge in [0.05, 0.1) is 0 Å². The quantitative estimate of drug-likeness (QED) is 0.740. The van der Waals surface area contributed by atoms with Gasteiger partial charge in [-0.1, -0.05) is 35.9 Å². The number of rotatable bonds is 1. The molecule has 0 radical (unpaired) electrons. The van der Waals surface area contributed by atoms with Crippen molar-refractivity contribution >= 4 is 6.29 Å². The van der Waals surface area contributed by atoms with Crippen LogP contribution in [0, 0.1) is 6.92 Å². The van der Waals surface area contributed by atoms with E-state index in [0.29, 0.717) is 5.56 Å². The zero-order valence-corrected chi connectivity index (χ0v) is 9.13. The van der Waals surface area contributed by atoms with Crippen molar-refractivity contribution in [2.24, 2.45) is 0 Å². The Balaban J connectivity index is 0.000000165. The van der Waals surface area contributed by atoms with Crippen LogP contribution in [0.1, 0.15) is 15.9 Å². The summed E-state index contributed by atoms with van der Waals surface area (Å²) in [5.41, 5.74) is 1.90. The van der Waals surface area contributed by atoms with E-state index >= 15 is 0 Å². The summed E-state index contributed by atoms with van der Waals surface area (Å²) >= 11 is 0. The third kappa shape index (κ3) is 4.42. The summed E-state index contributed by atoms with van der Waals surface area (Å²) in [6.07, 6.45) is 0.736. The van der Waals surface area contributed by atoms with Crippen LogP contribution in [0.15, 0.2) is 54.6 Å². The molecule has 0 saturated carbocycles. The maximum Gasteiger partial charge on any atom is 0.150 e. The monoisotopic (exact) mass is 214 g/mol. The van der Waals surface area contributed by atoms with Crippen molar-refractivity contribution in [2.75, 3.05) is 0 Å². The first-order chi connectivity index (χ1) is 7.72. The van der Waals surface area contributed by atoms with Gasteiger partial charge in [-0.2, -0.15) is 0 Å². The number of carbonyl (C=O) groups excluding carboxylic acids is 1. The molecule has 0 aliphatic rings. The van der Waals surface area contributed by atoms with Gasteiger partial charge in [-0.15, -0.1) is 0 Å². The van der Waals surface area contributed by atoms with Crippen molar-refractivity contribution in [3.63, 3.8) is 0 Å². The van der Waals surface area contributed by atoms with Crippen molar-refractivity contribution in [3.05, 3.63) is 65.7 Å². The second kappa shape index (κ2) is 6.40. The van der Waals surface area contributed by atoms with Gasteiger partial charge in [0.25, 0.3) is 0 Å². The number of carbonyl (C=O) groups is 1. The standard InChI is InChI=1S/C7H6O2.C7H8/c8-5-6-1-3-7(9)4-2-6;1-7-5-3-2-4-6-7/h1-5,9H;2-6H,1H3. The van der Waals surface area contributed by atoms with Crippen LogP contribution in [0.2, 0.25) is 0 Å². The van der Waals surface area contributed by atoms with Gasteiger partial charge in [0.15, 0.2) is 0 Å². The lowest BCUT2D eigenvalue weighted by atomic mass is 10.2. The summed E-state index contributed by atoms with van der Waals surface area (Å²) < 4.78 is 0. The van der Waals surface area contributed by atoms with Crippen LogP contribution in [-0.2, 0) is 0 Å². The lowest BCUT2D eigenvalue weighted by Gasteiger charge is -1.88. The summed E-state index contributed by atoms with van der Waals surface area (Å²) in [6.45, 7) is 2.08. The second-order valence-electron chi connectivity index (χ2n) is 3.36. The van der Waals surface area contributed by atoms with Gasteiger partial charge in [-0.3, -0.25) is 4.79 Å². The van der Waals surface area contributed by atoms with E-state index in [1.165, 1.54) is 17.7 Å². The van der Waals surface area contributed by atoms with Crippen molar-refractivity contribution in [2.45, 2.75) is 6.92 Å². The minimum Gasteiger partial charge on any atom is -0.508 e. The zero-order chi connectivity index (χ0) is 11.8. The number of hydrogen-bond donors (Lipinski definition) is 1. The van der Waals surface area contributed by atoms with Crippen LogP contribution in [0.3, 0.4) is 0 Å². The Kier molecular flexibility index (Phi) is 4.80. The Morgan fingerprint density at radius 2 is 1.50 bits per heavy atom. The molecule has 0 aromatic heterocycles. The largest absolute Gasteiger partial charge is 0.508 e. The molecule has 0 saturated heterocycles. The normalized spacial score (nSPS) is 8.81. The fraction of sp³-hybridized carbons (Fsp3) is 0.0714. The van der Waals surface area contributed by atoms with E-state index in [9.17, 15) is 4.79 Å². The molecule has 0 aliphatic carbocycles. The maximum atomic E-state index is 10.0. The molecule has 0 heterocycles. The Labute approximate surface area is 95.2 Å². The summed E-state index contributed by atoms with van der Waals surface area (Å²) in [5, 5.41) is 8.74. The van der Waals surface area contributed by atoms with Gasteiger partial charge in [0.1, 0.15) is 12.0 Å². The highest BCUT2D eigenvalue weighted by molar-refractivity contribution is 5.74. The fourth-order valence-electron chi connectivity index (χ4n) is 1.09. The molecule has 0 atom stereocenters. The summed E-state index contributed by atoms with van der Waals surface area (Å²) in [4.78, 5) is 10.0. The highest BCUT2D eigenvalue weighted by Gasteiger charge is 1.86. The fourth-order valence-corrected chi connectivity index (χ4v) is 1.09. The van der Waals surface area contributed by atoms with E-state index in [4.69, 9.17) is 5.11 Å². The Hall–Kier alpha value is -2.09. The first-order valence-corrected chi connectivity index (χ1v) is 4.98. The Bertz CT molecular complexity index is 418. The van der Waals surface area contributed by atoms with Gasteiger partial charge >= 0.3 is 0 Å². The minimum absolute atomic E-state index is 0.181. The number of hydrogen-bond acceptors (Lipinski definition) is 2. The molecule has 0 spiro atoms. The maximum absolute atomic E-state index is 10.0. The second-order valence-corrected chi connectivity index (χ2v) is 3.36. The first-order valence-electron chi connectivity index (χ1n) is 4.98. The molecule has 0 fully saturated rings. The van der Waals surface area contributed by atoms with Gasteiger partial charge in [-0.05, 0) is 31.2 Å². The highest BCUT2D eigenvalue weighted by Crippen LogP contribution is 2.07. The van der Waals surface area contributed by atoms with Crippen LogP contribution >= 0.6 is 0 Å². The Morgan fingerprint density at radius 3 is 1.88 bits per heavy atom. The molecular formula is C14H14O2. The van der Waals surface area contributed by atoms with Crippen molar-refractivity contribution < 1.29 is 9.90 Å². The van der Waals surface area contributed by atoms with Crippen molar-refractivity contribution in [3.8, 4) is 5.75 Å². The summed E-state index contributed by atoms with van der Waals surface area (Å²) in [6, 6.07) is 16.3. The van der Waals surface area contributed by atoms with E-state index < -0.39 is 0 Å². The molecule has 16 heavy (non-hydrogen) atoms. The SMILES string of the molecule is Cc1ccccc1.O=Cc1ccc(O)cc1. The van der Waals surface area contributed by atoms with E-state index in [-0.39, 0.29) is 5.75 Å². The van der Waals surface area contributed by atoms with Crippen molar-refractivity contribution in [1.29, 1.82) is 0 Å². The molecule has 2 aromatic carbocycles. The van der Waals surface area contributed by atoms with Gasteiger partial charge in [0.2, 0.25) is 0 Å².